The molecule has 0 aromatic heterocycles. The Labute approximate surface area is 221 Å². The molecule has 35 heavy (non-hydrogen) atoms. The van der Waals surface area contributed by atoms with Gasteiger partial charge in [-0.1, -0.05) is 19.8 Å². The summed E-state index contributed by atoms with van der Waals surface area (Å²) in [6.07, 6.45) is 23.1. The van der Waals surface area contributed by atoms with E-state index >= 15 is 0 Å². The van der Waals surface area contributed by atoms with Crippen LogP contribution in [0.4, 0.5) is 0 Å². The summed E-state index contributed by atoms with van der Waals surface area (Å²) in [6.45, 7) is 2.25. The molecule has 3 aromatic carbocycles. The predicted octanol–water partition coefficient (Wildman–Crippen LogP) is 9.25. The van der Waals surface area contributed by atoms with Gasteiger partial charge in [-0.05, 0) is 0 Å². The van der Waals surface area contributed by atoms with E-state index in [1.807, 2.05) is 0 Å². The first kappa shape index (κ1) is 27.4. The van der Waals surface area contributed by atoms with E-state index in [-0.39, 0.29) is 0 Å². The minimum atomic E-state index is -2.80. The molecule has 3 aromatic rings. The molecule has 0 radical (unpaired) electrons. The van der Waals surface area contributed by atoms with Crippen LogP contribution in [0, 0.1) is 0 Å². The van der Waals surface area contributed by atoms with E-state index in [2.05, 4.69) is 150 Å². The van der Waals surface area contributed by atoms with Crippen LogP contribution in [0.15, 0.2) is 127 Å². The average Bonchev–Trinajstić information content (AvgIpc) is 2.93. The van der Waals surface area contributed by atoms with Gasteiger partial charge >= 0.3 is 202 Å². The molecule has 0 fully saturated rings. The van der Waals surface area contributed by atoms with Gasteiger partial charge < -0.3 is 0 Å². The van der Waals surface area contributed by atoms with Crippen molar-refractivity contribution in [2.45, 2.75) is 51.9 Å². The summed E-state index contributed by atoms with van der Waals surface area (Å²) >= 11 is 4.53. The second-order valence-corrected chi connectivity index (χ2v) is 18.1. The fraction of sp³-hybridized carbons (Fsp3) is 0.273. The van der Waals surface area contributed by atoms with Gasteiger partial charge in [0.1, 0.15) is 0 Å². The summed E-state index contributed by atoms with van der Waals surface area (Å²) in [5.74, 6) is 0. The van der Waals surface area contributed by atoms with Gasteiger partial charge in [-0.15, -0.1) is 0 Å². The van der Waals surface area contributed by atoms with Gasteiger partial charge in [-0.25, -0.2) is 0 Å². The Hall–Kier alpha value is -2.21. The van der Waals surface area contributed by atoms with Crippen LogP contribution in [0.1, 0.15) is 51.9 Å². The van der Waals surface area contributed by atoms with Crippen molar-refractivity contribution in [2.75, 3.05) is 6.16 Å². The molecule has 0 aliphatic carbocycles. The first-order valence-corrected chi connectivity index (χ1v) is 17.5. The van der Waals surface area contributed by atoms with Crippen LogP contribution in [0.5, 0.6) is 0 Å². The molecule has 0 N–H and O–H groups in total. The molecule has 0 saturated heterocycles. The van der Waals surface area contributed by atoms with E-state index in [0.29, 0.717) is 0 Å². The molecule has 3 rings (SSSR count). The van der Waals surface area contributed by atoms with Crippen molar-refractivity contribution in [3.8, 4) is 0 Å². The second-order valence-electron chi connectivity index (χ2n) is 9.08. The van der Waals surface area contributed by atoms with Crippen LogP contribution >= 0.6 is 20.8 Å². The molecule has 0 amide bonds. The minimum absolute atomic E-state index is 0.990. The molecule has 0 unspecified atom stereocenters. The van der Waals surface area contributed by atoms with Crippen molar-refractivity contribution < 1.29 is 0 Å². The Balaban J connectivity index is 1.74. The van der Waals surface area contributed by atoms with E-state index in [1.165, 1.54) is 41.6 Å². The van der Waals surface area contributed by atoms with Crippen molar-refractivity contribution in [1.29, 1.82) is 0 Å². The maximum absolute atomic E-state index is 4.53. The Morgan fingerprint density at radius 3 is 1.37 bits per heavy atom. The summed E-state index contributed by atoms with van der Waals surface area (Å²) in [7, 11) is 0. The summed E-state index contributed by atoms with van der Waals surface area (Å²) in [5.41, 5.74) is 0. The van der Waals surface area contributed by atoms with Crippen LogP contribution in [0.2, 0.25) is 0 Å². The molecule has 0 spiro atoms. The Morgan fingerprint density at radius 1 is 0.543 bits per heavy atom. The molecule has 0 aliphatic rings. The molecule has 0 nitrogen and oxygen atoms in total. The van der Waals surface area contributed by atoms with Crippen molar-refractivity contribution in [2.24, 2.45) is 0 Å². The first-order chi connectivity index (χ1) is 17.2. The van der Waals surface area contributed by atoms with Gasteiger partial charge in [0.25, 0.3) is 0 Å². The molecule has 2 heteroatoms. The number of benzene rings is 3. The maximum atomic E-state index is 4.53. The topological polar surface area (TPSA) is 0 Å². The quantitative estimate of drug-likeness (QED) is 0.107. The normalized spacial score (nSPS) is 13.5. The monoisotopic (exact) mass is 546 g/mol. The van der Waals surface area contributed by atoms with Gasteiger partial charge in [0.15, 0.2) is 0 Å². The van der Waals surface area contributed by atoms with Crippen LogP contribution in [-0.4, -0.2) is 6.16 Å². The van der Waals surface area contributed by atoms with Crippen molar-refractivity contribution >= 4 is 36.7 Å². The number of halogens is 1. The predicted molar refractivity (Wildman–Crippen MR) is 164 cm³/mol. The van der Waals surface area contributed by atoms with Crippen LogP contribution < -0.4 is 15.9 Å². The fourth-order valence-corrected chi connectivity index (χ4v) is 12.1. The molecule has 0 heterocycles. The van der Waals surface area contributed by atoms with Crippen molar-refractivity contribution in [3.05, 3.63) is 127 Å². The molecular weight excluding hydrogens is 507 g/mol. The first-order valence-electron chi connectivity index (χ1n) is 13.0. The fourth-order valence-electron chi connectivity index (χ4n) is 4.66. The molecule has 0 bridgehead atoms. The zero-order chi connectivity index (χ0) is 24.7. The van der Waals surface area contributed by atoms with E-state index in [4.69, 9.17) is 0 Å². The van der Waals surface area contributed by atoms with Gasteiger partial charge in [-0.3, -0.25) is 0 Å². The average molecular weight is 548 g/mol. The number of unbranched alkanes of at least 4 members (excludes halogenated alkanes) is 3. The van der Waals surface area contributed by atoms with E-state index in [0.717, 1.165) is 25.4 Å². The Kier molecular flexibility index (Phi) is 11.2. The molecular formula is C33H40BrP. The van der Waals surface area contributed by atoms with Gasteiger partial charge in [0.2, 0.25) is 0 Å². The van der Waals surface area contributed by atoms with E-state index in [1.54, 1.807) is 0 Å². The van der Waals surface area contributed by atoms with Crippen molar-refractivity contribution in [1.82, 2.24) is 0 Å². The van der Waals surface area contributed by atoms with Gasteiger partial charge in [0, 0.05) is 0 Å². The Morgan fingerprint density at radius 2 is 0.943 bits per heavy atom. The van der Waals surface area contributed by atoms with Crippen LogP contribution in [0.3, 0.4) is 0 Å². The number of rotatable bonds is 14. The van der Waals surface area contributed by atoms with Gasteiger partial charge in [0.05, 0.1) is 0 Å². The van der Waals surface area contributed by atoms with Crippen LogP contribution in [0.25, 0.3) is 0 Å². The molecule has 184 valence electrons. The molecule has 0 saturated carbocycles. The SMILES string of the molecule is CCCCCC=CCC=CCC=CCCP(Br)(c1ccccc1)(c1ccccc1)c1ccccc1. The summed E-state index contributed by atoms with van der Waals surface area (Å²) in [6, 6.07) is 33.2. The van der Waals surface area contributed by atoms with E-state index < -0.39 is 5.31 Å². The van der Waals surface area contributed by atoms with Crippen molar-refractivity contribution in [3.63, 3.8) is 0 Å². The number of hydrogen-bond donors (Lipinski definition) is 0. The second kappa shape index (κ2) is 14.4. The van der Waals surface area contributed by atoms with Gasteiger partial charge in [-0.2, -0.15) is 0 Å². The zero-order valence-electron chi connectivity index (χ0n) is 21.1. The summed E-state index contributed by atoms with van der Waals surface area (Å²) < 4.78 is 0. The molecule has 0 aliphatic heterocycles. The van der Waals surface area contributed by atoms with E-state index in [9.17, 15) is 0 Å². The summed E-state index contributed by atoms with van der Waals surface area (Å²) in [5, 5.41) is 1.35. The molecule has 0 atom stereocenters. The number of allylic oxidation sites excluding steroid dienone is 6. The third-order valence-electron chi connectivity index (χ3n) is 6.62. The van der Waals surface area contributed by atoms with Crippen LogP contribution in [-0.2, 0) is 0 Å². The standard InChI is InChI=1S/C33H40BrP/c1-2-3-4-5-6-7-8-9-10-11-12-13-23-30-35(34,31-24-17-14-18-25-31,32-26-19-15-20-27-32)33-28-21-16-22-29-33/h6-7,9-10,12-22,24-29H,2-5,8,11,23,30H2,1H3. The Bertz CT molecular complexity index is 968. The zero-order valence-corrected chi connectivity index (χ0v) is 23.6. The number of hydrogen-bond acceptors (Lipinski definition) is 0. The summed E-state index contributed by atoms with van der Waals surface area (Å²) in [4.78, 5) is 0. The third-order valence-corrected chi connectivity index (χ3v) is 16.6. The third kappa shape index (κ3) is 7.16.